The van der Waals surface area contributed by atoms with Gasteiger partial charge in [0.05, 0.1) is 22.2 Å². The van der Waals surface area contributed by atoms with Gasteiger partial charge in [0, 0.05) is 53.0 Å². The molecule has 0 radical (unpaired) electrons. The van der Waals surface area contributed by atoms with E-state index in [9.17, 15) is 0 Å². The van der Waals surface area contributed by atoms with Crippen LogP contribution in [0.3, 0.4) is 0 Å². The predicted molar refractivity (Wildman–Crippen MR) is 407 cm³/mol. The fourth-order valence-corrected chi connectivity index (χ4v) is 18.8. The molecule has 14 aromatic carbocycles. The van der Waals surface area contributed by atoms with Crippen molar-refractivity contribution in [1.29, 1.82) is 0 Å². The molecule has 0 saturated heterocycles. The molecular weight excluding hydrogens is 1250 g/mol. The third-order valence-corrected chi connectivity index (χ3v) is 23.0. The van der Waals surface area contributed by atoms with Gasteiger partial charge in [-0.25, -0.2) is 24.9 Å². The lowest BCUT2D eigenvalue weighted by molar-refractivity contribution is 0.723. The Balaban J connectivity index is 0.667. The van der Waals surface area contributed by atoms with Crippen molar-refractivity contribution in [3.63, 3.8) is 0 Å². The Bertz CT molecular complexity index is 5880. The van der Waals surface area contributed by atoms with Gasteiger partial charge in [0.2, 0.25) is 0 Å². The van der Waals surface area contributed by atoms with Crippen LogP contribution in [0, 0.1) is 0 Å². The van der Waals surface area contributed by atoms with E-state index in [4.69, 9.17) is 24.9 Å². The van der Waals surface area contributed by atoms with Gasteiger partial charge in [0.25, 0.3) is 0 Å². The summed E-state index contributed by atoms with van der Waals surface area (Å²) in [5.74, 6) is 2.52. The van der Waals surface area contributed by atoms with Gasteiger partial charge < -0.3 is 0 Å². The topological polar surface area (TPSA) is 64.5 Å². The molecule has 7 heteroatoms. The van der Waals surface area contributed by atoms with E-state index in [1.54, 1.807) is 0 Å². The zero-order valence-electron chi connectivity index (χ0n) is 54.0. The molecular formula is C93H57N5S2. The first-order valence-corrected chi connectivity index (χ1v) is 35.6. The third kappa shape index (κ3) is 9.02. The van der Waals surface area contributed by atoms with Crippen LogP contribution in [0.1, 0.15) is 44.5 Å². The second-order valence-electron chi connectivity index (χ2n) is 26.0. The minimum atomic E-state index is -0.633. The summed E-state index contributed by atoms with van der Waals surface area (Å²) in [5, 5.41) is 0. The lowest BCUT2D eigenvalue weighted by atomic mass is 9.66. The van der Waals surface area contributed by atoms with E-state index in [2.05, 4.69) is 346 Å². The summed E-state index contributed by atoms with van der Waals surface area (Å²) in [6, 6.07) is 125. The SMILES string of the molecule is c1ccc(-c2ccc(-c3nc(-c4cccc(-c5ccc(-c6ccc(-c7cc(-c8ccccc8)nc(-c8cccc9c8C8(c%10ccccc%10Sc%10ccccc%108)c8ccccc8-9)n7)cc6)cc5)c4)nc(-c4cccc5c4C4(c6ccccc6Sc6ccccc64)c4ccccc4-5)n3)cc2)cc1. The molecule has 0 amide bonds. The van der Waals surface area contributed by atoms with Gasteiger partial charge >= 0.3 is 0 Å². The maximum atomic E-state index is 5.59. The fourth-order valence-electron chi connectivity index (χ4n) is 16.4. The zero-order chi connectivity index (χ0) is 65.9. The first-order valence-electron chi connectivity index (χ1n) is 33.9. The van der Waals surface area contributed by atoms with E-state index >= 15 is 0 Å². The highest BCUT2D eigenvalue weighted by Crippen LogP contribution is 2.66. The predicted octanol–water partition coefficient (Wildman–Crippen LogP) is 23.3. The molecule has 2 aliphatic carbocycles. The molecule has 4 heterocycles. The highest BCUT2D eigenvalue weighted by Gasteiger charge is 2.53. The molecule has 0 N–H and O–H groups in total. The number of aromatic nitrogens is 5. The Morgan fingerprint density at radius 3 is 0.940 bits per heavy atom. The number of benzene rings is 14. The number of fused-ring (bicyclic) bond motifs is 18. The zero-order valence-corrected chi connectivity index (χ0v) is 55.6. The minimum absolute atomic E-state index is 0.592. The van der Waals surface area contributed by atoms with E-state index in [1.807, 2.05) is 23.5 Å². The van der Waals surface area contributed by atoms with Gasteiger partial charge in [-0.15, -0.1) is 0 Å². The van der Waals surface area contributed by atoms with Crippen molar-refractivity contribution in [2.24, 2.45) is 0 Å². The molecule has 2 spiro atoms. The first kappa shape index (κ1) is 58.1. The molecule has 5 nitrogen and oxygen atoms in total. The molecule has 2 aliphatic heterocycles. The summed E-state index contributed by atoms with van der Waals surface area (Å²) < 4.78 is 0. The first-order chi connectivity index (χ1) is 49.5. The normalized spacial score (nSPS) is 13.5. The van der Waals surface area contributed by atoms with Gasteiger partial charge in [0.1, 0.15) is 0 Å². The number of hydrogen-bond donors (Lipinski definition) is 0. The summed E-state index contributed by atoms with van der Waals surface area (Å²) in [7, 11) is 0. The second kappa shape index (κ2) is 23.3. The quantitative estimate of drug-likeness (QED) is 0.143. The molecule has 2 aromatic heterocycles. The molecule has 0 fully saturated rings. The maximum absolute atomic E-state index is 5.59. The number of rotatable bonds is 9. The van der Waals surface area contributed by atoms with Gasteiger partial charge in [-0.05, 0) is 137 Å². The van der Waals surface area contributed by atoms with Crippen molar-refractivity contribution in [2.75, 3.05) is 0 Å². The molecule has 0 unspecified atom stereocenters. The van der Waals surface area contributed by atoms with Crippen LogP contribution < -0.4 is 0 Å². The van der Waals surface area contributed by atoms with Gasteiger partial charge in [0.15, 0.2) is 23.3 Å². The summed E-state index contributed by atoms with van der Waals surface area (Å²) in [5.41, 5.74) is 27.8. The minimum Gasteiger partial charge on any atom is -0.228 e. The maximum Gasteiger partial charge on any atom is 0.164 e. The van der Waals surface area contributed by atoms with Crippen LogP contribution in [-0.4, -0.2) is 24.9 Å². The lowest BCUT2D eigenvalue weighted by Gasteiger charge is -2.40. The highest BCUT2D eigenvalue weighted by atomic mass is 32.2. The third-order valence-electron chi connectivity index (χ3n) is 20.7. The van der Waals surface area contributed by atoms with E-state index in [-0.39, 0.29) is 0 Å². The number of hydrogen-bond acceptors (Lipinski definition) is 7. The summed E-state index contributed by atoms with van der Waals surface area (Å²) >= 11 is 3.70. The van der Waals surface area contributed by atoms with Crippen LogP contribution in [0.2, 0.25) is 0 Å². The van der Waals surface area contributed by atoms with Crippen molar-refractivity contribution in [3.05, 3.63) is 390 Å². The smallest absolute Gasteiger partial charge is 0.164 e. The van der Waals surface area contributed by atoms with E-state index in [0.717, 1.165) is 78.1 Å². The fraction of sp³-hybridized carbons (Fsp3) is 0.0215. The van der Waals surface area contributed by atoms with Gasteiger partial charge in [-0.1, -0.05) is 333 Å². The Labute approximate surface area is 588 Å². The van der Waals surface area contributed by atoms with Crippen molar-refractivity contribution < 1.29 is 0 Å². The summed E-state index contributed by atoms with van der Waals surface area (Å²) in [6.45, 7) is 0. The van der Waals surface area contributed by atoms with Crippen LogP contribution in [-0.2, 0) is 10.8 Å². The molecule has 4 aliphatic rings. The molecule has 20 rings (SSSR count). The molecule has 0 bridgehead atoms. The number of nitrogens with zero attached hydrogens (tertiary/aromatic N) is 5. The summed E-state index contributed by atoms with van der Waals surface area (Å²) in [4.78, 5) is 32.6. The van der Waals surface area contributed by atoms with E-state index in [0.29, 0.717) is 23.3 Å². The lowest BCUT2D eigenvalue weighted by Crippen LogP contribution is -2.32. The Morgan fingerprint density at radius 1 is 0.180 bits per heavy atom. The largest absolute Gasteiger partial charge is 0.228 e. The molecule has 0 saturated carbocycles. The van der Waals surface area contributed by atoms with E-state index < -0.39 is 10.8 Å². The molecule has 0 atom stereocenters. The van der Waals surface area contributed by atoms with Crippen molar-refractivity contribution in [3.8, 4) is 124 Å². The van der Waals surface area contributed by atoms with Crippen LogP contribution in [0.15, 0.2) is 365 Å². The molecule has 100 heavy (non-hydrogen) atoms. The summed E-state index contributed by atoms with van der Waals surface area (Å²) in [6.07, 6.45) is 0. The molecule has 16 aromatic rings. The van der Waals surface area contributed by atoms with Crippen molar-refractivity contribution in [1.82, 2.24) is 24.9 Å². The average Bonchev–Trinajstić information content (AvgIpc) is 1.49. The highest BCUT2D eigenvalue weighted by molar-refractivity contribution is 7.99. The average molecular weight is 1310 g/mol. The Hall–Kier alpha value is -12.1. The van der Waals surface area contributed by atoms with Crippen molar-refractivity contribution >= 4 is 23.5 Å². The Kier molecular flexibility index (Phi) is 13.5. The van der Waals surface area contributed by atoms with Crippen molar-refractivity contribution in [2.45, 2.75) is 30.4 Å². The standard InChI is InChI=1S/C93H57N5S2/c1-3-22-58(23-4-1)59-50-54-65(55-51-59)88-96-89(98-91(97-88)73-33-21-31-71-69-29-8-10-35-75(69)93(87(71)73)78-38-13-17-42-84(78)100-85-43-18-14-39-79(85)93)67-27-19-26-66(56-67)62-46-44-60(45-47-62)61-48-52-64(53-49-61)81-57-80(63-24-5-2-6-25-63)94-90(95-81)72-32-20-30-70-68-28-7-9-34-74(68)92(86(70)72)76-36-11-15-40-82(76)99-83-41-16-12-37-77(83)92/h1-57H. The van der Waals surface area contributed by atoms with Gasteiger partial charge in [-0.2, -0.15) is 0 Å². The van der Waals surface area contributed by atoms with Crippen LogP contribution in [0.4, 0.5) is 0 Å². The molecule has 466 valence electrons. The van der Waals surface area contributed by atoms with Gasteiger partial charge in [-0.3, -0.25) is 0 Å². The van der Waals surface area contributed by atoms with Crippen LogP contribution in [0.25, 0.3) is 124 Å². The van der Waals surface area contributed by atoms with Crippen LogP contribution in [0.5, 0.6) is 0 Å². The van der Waals surface area contributed by atoms with Crippen LogP contribution >= 0.6 is 23.5 Å². The Morgan fingerprint density at radius 2 is 0.470 bits per heavy atom. The second-order valence-corrected chi connectivity index (χ2v) is 28.2. The monoisotopic (exact) mass is 1310 g/mol. The van der Waals surface area contributed by atoms with E-state index in [1.165, 1.54) is 86.3 Å².